The van der Waals surface area contributed by atoms with Crippen LogP contribution in [0.2, 0.25) is 0 Å². The SMILES string of the molecule is CC1(C)c2ccccc2-c2ccc(N(c3ccc(-c4ccccc4)cc3)c3cnc4oc5c6ccccc6ccc5c4c3)cc21. The first-order chi connectivity index (χ1) is 22.1. The van der Waals surface area contributed by atoms with Gasteiger partial charge in [-0.25, -0.2) is 4.98 Å². The molecule has 1 aliphatic rings. The van der Waals surface area contributed by atoms with Gasteiger partial charge in [0.05, 0.1) is 17.3 Å². The summed E-state index contributed by atoms with van der Waals surface area (Å²) in [6.07, 6.45) is 1.94. The van der Waals surface area contributed by atoms with Gasteiger partial charge in [0.25, 0.3) is 0 Å². The first-order valence-corrected chi connectivity index (χ1v) is 15.5. The molecule has 0 unspecified atom stereocenters. The first-order valence-electron chi connectivity index (χ1n) is 15.5. The third-order valence-corrected chi connectivity index (χ3v) is 9.52. The number of furan rings is 1. The normalized spacial score (nSPS) is 13.3. The van der Waals surface area contributed by atoms with E-state index in [-0.39, 0.29) is 5.41 Å². The molecule has 214 valence electrons. The summed E-state index contributed by atoms with van der Waals surface area (Å²) in [4.78, 5) is 7.21. The fourth-order valence-electron chi connectivity index (χ4n) is 7.21. The van der Waals surface area contributed by atoms with E-state index in [1.807, 2.05) is 6.20 Å². The van der Waals surface area contributed by atoms with Crippen molar-refractivity contribution in [2.24, 2.45) is 0 Å². The molecule has 6 aromatic carbocycles. The second kappa shape index (κ2) is 9.67. The number of nitrogens with zero attached hydrogens (tertiary/aromatic N) is 2. The predicted octanol–water partition coefficient (Wildman–Crippen LogP) is 11.6. The largest absolute Gasteiger partial charge is 0.437 e. The number of rotatable bonds is 4. The fourth-order valence-corrected chi connectivity index (χ4v) is 7.21. The predicted molar refractivity (Wildman–Crippen MR) is 187 cm³/mol. The Morgan fingerprint density at radius 2 is 1.24 bits per heavy atom. The van der Waals surface area contributed by atoms with Crippen molar-refractivity contribution in [2.45, 2.75) is 19.3 Å². The smallest absolute Gasteiger partial charge is 0.227 e. The minimum absolute atomic E-state index is 0.102. The second-order valence-corrected chi connectivity index (χ2v) is 12.5. The van der Waals surface area contributed by atoms with Gasteiger partial charge in [-0.2, -0.15) is 0 Å². The monoisotopic (exact) mass is 578 g/mol. The third kappa shape index (κ3) is 3.94. The number of aromatic nitrogens is 1. The molecule has 0 atom stereocenters. The molecule has 45 heavy (non-hydrogen) atoms. The highest BCUT2D eigenvalue weighted by Crippen LogP contribution is 2.50. The van der Waals surface area contributed by atoms with Gasteiger partial charge in [-0.3, -0.25) is 0 Å². The lowest BCUT2D eigenvalue weighted by Gasteiger charge is -2.28. The number of benzene rings is 6. The first kappa shape index (κ1) is 25.8. The van der Waals surface area contributed by atoms with Crippen LogP contribution in [0.3, 0.4) is 0 Å². The molecule has 1 aliphatic carbocycles. The highest BCUT2D eigenvalue weighted by atomic mass is 16.3. The van der Waals surface area contributed by atoms with Gasteiger partial charge in [-0.1, -0.05) is 117 Å². The van der Waals surface area contributed by atoms with Crippen molar-refractivity contribution in [3.05, 3.63) is 157 Å². The van der Waals surface area contributed by atoms with E-state index in [4.69, 9.17) is 9.40 Å². The maximum atomic E-state index is 6.37. The van der Waals surface area contributed by atoms with Crippen LogP contribution in [0.4, 0.5) is 17.1 Å². The average Bonchev–Trinajstić information content (AvgIpc) is 3.58. The third-order valence-electron chi connectivity index (χ3n) is 9.52. The molecule has 8 aromatic rings. The lowest BCUT2D eigenvalue weighted by molar-refractivity contribution is 0.657. The Morgan fingerprint density at radius 3 is 2.11 bits per heavy atom. The minimum Gasteiger partial charge on any atom is -0.437 e. The maximum absolute atomic E-state index is 6.37. The van der Waals surface area contributed by atoms with Crippen LogP contribution in [-0.2, 0) is 5.41 Å². The lowest BCUT2D eigenvalue weighted by atomic mass is 9.82. The van der Waals surface area contributed by atoms with Crippen molar-refractivity contribution in [3.63, 3.8) is 0 Å². The maximum Gasteiger partial charge on any atom is 0.227 e. The van der Waals surface area contributed by atoms with Gasteiger partial charge in [-0.05, 0) is 75.2 Å². The zero-order valence-corrected chi connectivity index (χ0v) is 25.2. The summed E-state index contributed by atoms with van der Waals surface area (Å²) < 4.78 is 6.37. The van der Waals surface area contributed by atoms with Crippen molar-refractivity contribution in [2.75, 3.05) is 4.90 Å². The number of fused-ring (bicyclic) bond motifs is 8. The van der Waals surface area contributed by atoms with Crippen LogP contribution in [0.15, 0.2) is 150 Å². The molecule has 0 radical (unpaired) electrons. The standard InChI is InChI=1S/C42H30N2O/c1-42(2)38-15-9-8-14-34(38)35-23-21-31(25-39(35)42)44(30-19-16-28(17-20-30)27-10-4-3-5-11-27)32-24-37-36-22-18-29-12-6-7-13-33(29)40(36)45-41(37)43-26-32/h3-26H,1-2H3. The summed E-state index contributed by atoms with van der Waals surface area (Å²) in [5.41, 5.74) is 12.3. The van der Waals surface area contributed by atoms with Gasteiger partial charge in [0.1, 0.15) is 5.58 Å². The highest BCUT2D eigenvalue weighted by molar-refractivity contribution is 6.14. The van der Waals surface area contributed by atoms with Gasteiger partial charge >= 0.3 is 0 Å². The molecule has 2 aromatic heterocycles. The Hall–Kier alpha value is -5.67. The highest BCUT2D eigenvalue weighted by Gasteiger charge is 2.35. The summed E-state index contributed by atoms with van der Waals surface area (Å²) in [5, 5.41) is 4.34. The summed E-state index contributed by atoms with van der Waals surface area (Å²) >= 11 is 0. The number of hydrogen-bond donors (Lipinski definition) is 0. The molecule has 0 spiro atoms. The molecule has 3 nitrogen and oxygen atoms in total. The van der Waals surface area contributed by atoms with E-state index in [0.29, 0.717) is 5.71 Å². The van der Waals surface area contributed by atoms with Gasteiger partial charge in [0, 0.05) is 27.6 Å². The molecule has 0 saturated heterocycles. The van der Waals surface area contributed by atoms with Crippen LogP contribution in [-0.4, -0.2) is 4.98 Å². The summed E-state index contributed by atoms with van der Waals surface area (Å²) in [7, 11) is 0. The van der Waals surface area contributed by atoms with Crippen LogP contribution >= 0.6 is 0 Å². The number of hydrogen-bond acceptors (Lipinski definition) is 3. The van der Waals surface area contributed by atoms with E-state index in [1.54, 1.807) is 0 Å². The van der Waals surface area contributed by atoms with E-state index in [0.717, 1.165) is 44.2 Å². The van der Waals surface area contributed by atoms with Crippen molar-refractivity contribution in [3.8, 4) is 22.3 Å². The molecule has 0 N–H and O–H groups in total. The molecule has 0 amide bonds. The molecule has 0 fully saturated rings. The van der Waals surface area contributed by atoms with Gasteiger partial charge in [-0.15, -0.1) is 0 Å². The van der Waals surface area contributed by atoms with Crippen LogP contribution in [0.1, 0.15) is 25.0 Å². The van der Waals surface area contributed by atoms with E-state index >= 15 is 0 Å². The summed E-state index contributed by atoms with van der Waals surface area (Å²) in [6, 6.07) is 49.9. The average molecular weight is 579 g/mol. The van der Waals surface area contributed by atoms with Crippen LogP contribution in [0.25, 0.3) is 55.1 Å². The molecular weight excluding hydrogens is 548 g/mol. The minimum atomic E-state index is -0.102. The van der Waals surface area contributed by atoms with Crippen molar-refractivity contribution in [1.29, 1.82) is 0 Å². The van der Waals surface area contributed by atoms with E-state index < -0.39 is 0 Å². The Balaban J connectivity index is 1.24. The van der Waals surface area contributed by atoms with Crippen LogP contribution in [0, 0.1) is 0 Å². The van der Waals surface area contributed by atoms with Gasteiger partial charge in [0.15, 0.2) is 0 Å². The van der Waals surface area contributed by atoms with Gasteiger partial charge in [0.2, 0.25) is 5.71 Å². The Bertz CT molecular complexity index is 2400. The molecule has 0 bridgehead atoms. The molecule has 0 aliphatic heterocycles. The molecule has 9 rings (SSSR count). The van der Waals surface area contributed by atoms with Crippen molar-refractivity contribution >= 4 is 49.9 Å². The molecule has 2 heterocycles. The quantitative estimate of drug-likeness (QED) is 0.208. The van der Waals surface area contributed by atoms with Crippen molar-refractivity contribution < 1.29 is 4.42 Å². The number of pyridine rings is 1. The Kier molecular flexibility index (Phi) is 5.54. The summed E-state index contributed by atoms with van der Waals surface area (Å²) in [6.45, 7) is 4.66. The molecule has 0 saturated carbocycles. The van der Waals surface area contributed by atoms with Crippen molar-refractivity contribution in [1.82, 2.24) is 4.98 Å². The Morgan fingerprint density at radius 1 is 0.533 bits per heavy atom. The number of anilines is 3. The van der Waals surface area contributed by atoms with E-state index in [2.05, 4.69) is 158 Å². The van der Waals surface area contributed by atoms with Gasteiger partial charge < -0.3 is 9.32 Å². The topological polar surface area (TPSA) is 29.3 Å². The Labute approximate surface area is 262 Å². The zero-order valence-electron chi connectivity index (χ0n) is 25.2. The molecular formula is C42H30N2O. The van der Waals surface area contributed by atoms with Crippen LogP contribution < -0.4 is 4.90 Å². The van der Waals surface area contributed by atoms with E-state index in [9.17, 15) is 0 Å². The van der Waals surface area contributed by atoms with Crippen LogP contribution in [0.5, 0.6) is 0 Å². The summed E-state index contributed by atoms with van der Waals surface area (Å²) in [5.74, 6) is 0. The molecule has 3 heteroatoms. The van der Waals surface area contributed by atoms with E-state index in [1.165, 1.54) is 33.4 Å². The zero-order chi connectivity index (χ0) is 30.1. The fraction of sp³-hybridized carbons (Fsp3) is 0.0714. The lowest BCUT2D eigenvalue weighted by Crippen LogP contribution is -2.16. The second-order valence-electron chi connectivity index (χ2n) is 12.5.